The number of nitriles is 1. The molecule has 5 nitrogen and oxygen atoms in total. The van der Waals surface area contributed by atoms with Gasteiger partial charge in [0, 0.05) is 44.8 Å². The molecule has 2 aliphatic rings. The van der Waals surface area contributed by atoms with Gasteiger partial charge in [0.15, 0.2) is 0 Å². The van der Waals surface area contributed by atoms with Crippen LogP contribution < -0.4 is 0 Å². The number of pyridine rings is 1. The number of piperazine rings is 1. The molecule has 5 heteroatoms. The van der Waals surface area contributed by atoms with Crippen molar-refractivity contribution in [2.24, 2.45) is 5.92 Å². The predicted molar refractivity (Wildman–Crippen MR) is 82.9 cm³/mol. The maximum atomic E-state index is 12.0. The third-order valence-corrected chi connectivity index (χ3v) is 4.50. The molecule has 1 saturated carbocycles. The van der Waals surface area contributed by atoms with Gasteiger partial charge in [0.25, 0.3) is 0 Å². The Hall–Kier alpha value is -1.93. The average Bonchev–Trinajstić information content (AvgIpc) is 3.39. The molecule has 1 saturated heterocycles. The molecule has 0 unspecified atom stereocenters. The molecule has 1 aromatic rings. The highest BCUT2D eigenvalue weighted by molar-refractivity contribution is 5.81. The Morgan fingerprint density at radius 1 is 1.36 bits per heavy atom. The molecule has 1 aliphatic carbocycles. The van der Waals surface area contributed by atoms with Crippen molar-refractivity contribution in [2.75, 3.05) is 26.2 Å². The summed E-state index contributed by atoms with van der Waals surface area (Å²) in [5.41, 5.74) is 2.63. The first-order valence-electron chi connectivity index (χ1n) is 8.10. The van der Waals surface area contributed by atoms with Crippen LogP contribution in [0.15, 0.2) is 12.3 Å². The van der Waals surface area contributed by atoms with E-state index in [1.165, 1.54) is 0 Å². The topological polar surface area (TPSA) is 60.2 Å². The van der Waals surface area contributed by atoms with Gasteiger partial charge in [-0.15, -0.1) is 0 Å². The monoisotopic (exact) mass is 298 g/mol. The SMILES string of the molecule is CCc1ncc(CN2CCN(C(=O)C3CC3)CC2)cc1C#N. The lowest BCUT2D eigenvalue weighted by atomic mass is 10.1. The van der Waals surface area contributed by atoms with Crippen LogP contribution in [0.5, 0.6) is 0 Å². The number of aryl methyl sites for hydroxylation is 1. The lowest BCUT2D eigenvalue weighted by molar-refractivity contribution is -0.134. The second-order valence-electron chi connectivity index (χ2n) is 6.18. The second-order valence-corrected chi connectivity index (χ2v) is 6.18. The summed E-state index contributed by atoms with van der Waals surface area (Å²) in [4.78, 5) is 20.8. The molecule has 0 bridgehead atoms. The third kappa shape index (κ3) is 3.28. The highest BCUT2D eigenvalue weighted by Gasteiger charge is 2.34. The number of hydrogen-bond donors (Lipinski definition) is 0. The number of carbonyl (C=O) groups excluding carboxylic acids is 1. The number of hydrogen-bond acceptors (Lipinski definition) is 4. The van der Waals surface area contributed by atoms with Gasteiger partial charge in [0.1, 0.15) is 6.07 Å². The molecule has 1 aliphatic heterocycles. The average molecular weight is 298 g/mol. The van der Waals surface area contributed by atoms with E-state index in [2.05, 4.69) is 16.0 Å². The minimum atomic E-state index is 0.315. The Balaban J connectivity index is 1.56. The molecule has 1 amide bonds. The first-order chi connectivity index (χ1) is 10.7. The molecule has 2 heterocycles. The summed E-state index contributed by atoms with van der Waals surface area (Å²) in [6.45, 7) is 6.25. The fourth-order valence-electron chi connectivity index (χ4n) is 2.97. The Kier molecular flexibility index (Phi) is 4.39. The van der Waals surface area contributed by atoms with Crippen LogP contribution in [0, 0.1) is 17.2 Å². The molecule has 1 aromatic heterocycles. The van der Waals surface area contributed by atoms with E-state index in [-0.39, 0.29) is 0 Å². The molecule has 3 rings (SSSR count). The van der Waals surface area contributed by atoms with Crippen LogP contribution in [-0.4, -0.2) is 46.9 Å². The van der Waals surface area contributed by atoms with Crippen molar-refractivity contribution >= 4 is 5.91 Å². The van der Waals surface area contributed by atoms with E-state index in [1.54, 1.807) is 0 Å². The Bertz CT molecular complexity index is 595. The van der Waals surface area contributed by atoms with Gasteiger partial charge >= 0.3 is 0 Å². The van der Waals surface area contributed by atoms with Gasteiger partial charge in [0.2, 0.25) is 5.91 Å². The van der Waals surface area contributed by atoms with Crippen molar-refractivity contribution < 1.29 is 4.79 Å². The van der Waals surface area contributed by atoms with Crippen LogP contribution >= 0.6 is 0 Å². The largest absolute Gasteiger partial charge is 0.340 e. The quantitative estimate of drug-likeness (QED) is 0.846. The molecule has 0 spiro atoms. The Labute approximate surface area is 131 Å². The molecule has 0 radical (unpaired) electrons. The van der Waals surface area contributed by atoms with Gasteiger partial charge in [-0.3, -0.25) is 14.7 Å². The zero-order chi connectivity index (χ0) is 15.5. The molecule has 2 fully saturated rings. The van der Waals surface area contributed by atoms with Crippen LogP contribution in [0.25, 0.3) is 0 Å². The van der Waals surface area contributed by atoms with Crippen LogP contribution in [0.1, 0.15) is 36.6 Å². The van der Waals surface area contributed by atoms with Gasteiger partial charge in [-0.1, -0.05) is 6.92 Å². The predicted octanol–water partition coefficient (Wildman–Crippen LogP) is 1.57. The second kappa shape index (κ2) is 6.45. The van der Waals surface area contributed by atoms with Crippen LogP contribution in [0.2, 0.25) is 0 Å². The summed E-state index contributed by atoms with van der Waals surface area (Å²) in [5.74, 6) is 0.663. The summed E-state index contributed by atoms with van der Waals surface area (Å²) in [7, 11) is 0. The Morgan fingerprint density at radius 2 is 2.09 bits per heavy atom. The standard InChI is InChI=1S/C17H22N4O/c1-2-16-15(10-18)9-13(11-19-16)12-20-5-7-21(8-6-20)17(22)14-3-4-14/h9,11,14H,2-8,12H2,1H3. The van der Waals surface area contributed by atoms with Crippen LogP contribution in [0.3, 0.4) is 0 Å². The van der Waals surface area contributed by atoms with Crippen LogP contribution in [-0.2, 0) is 17.8 Å². The van der Waals surface area contributed by atoms with E-state index in [9.17, 15) is 10.1 Å². The third-order valence-electron chi connectivity index (χ3n) is 4.50. The van der Waals surface area contributed by atoms with Gasteiger partial charge in [-0.05, 0) is 30.9 Å². The summed E-state index contributed by atoms with van der Waals surface area (Å²) in [6, 6.07) is 4.18. The van der Waals surface area contributed by atoms with E-state index in [0.29, 0.717) is 17.4 Å². The Morgan fingerprint density at radius 3 is 2.68 bits per heavy atom. The lowest BCUT2D eigenvalue weighted by Crippen LogP contribution is -2.48. The molecule has 22 heavy (non-hydrogen) atoms. The molecular weight excluding hydrogens is 276 g/mol. The molecule has 116 valence electrons. The van der Waals surface area contributed by atoms with Crippen molar-refractivity contribution in [1.82, 2.24) is 14.8 Å². The maximum absolute atomic E-state index is 12.0. The minimum absolute atomic E-state index is 0.315. The first-order valence-corrected chi connectivity index (χ1v) is 8.10. The molecule has 0 N–H and O–H groups in total. The summed E-state index contributed by atoms with van der Waals surface area (Å²) in [5, 5.41) is 9.19. The maximum Gasteiger partial charge on any atom is 0.225 e. The molecule has 0 aromatic carbocycles. The highest BCUT2D eigenvalue weighted by atomic mass is 16.2. The van der Waals surface area contributed by atoms with E-state index in [4.69, 9.17) is 0 Å². The number of carbonyl (C=O) groups is 1. The van der Waals surface area contributed by atoms with Gasteiger partial charge < -0.3 is 4.90 Å². The number of aromatic nitrogens is 1. The van der Waals surface area contributed by atoms with Crippen molar-refractivity contribution in [2.45, 2.75) is 32.7 Å². The van der Waals surface area contributed by atoms with Gasteiger partial charge in [-0.25, -0.2) is 0 Å². The van der Waals surface area contributed by atoms with Gasteiger partial charge in [0.05, 0.1) is 11.3 Å². The van der Waals surface area contributed by atoms with Crippen molar-refractivity contribution in [3.63, 3.8) is 0 Å². The number of amides is 1. The van der Waals surface area contributed by atoms with Crippen molar-refractivity contribution in [1.29, 1.82) is 5.26 Å². The van der Waals surface area contributed by atoms with E-state index < -0.39 is 0 Å². The normalized spacial score (nSPS) is 19.0. The fraction of sp³-hybridized carbons (Fsp3) is 0.588. The van der Waals surface area contributed by atoms with E-state index >= 15 is 0 Å². The molecular formula is C17H22N4O. The fourth-order valence-corrected chi connectivity index (χ4v) is 2.97. The van der Waals surface area contributed by atoms with Crippen molar-refractivity contribution in [3.8, 4) is 6.07 Å². The van der Waals surface area contributed by atoms with Gasteiger partial charge in [-0.2, -0.15) is 5.26 Å². The minimum Gasteiger partial charge on any atom is -0.340 e. The van der Waals surface area contributed by atoms with E-state index in [1.807, 2.05) is 24.1 Å². The van der Waals surface area contributed by atoms with Crippen molar-refractivity contribution in [3.05, 3.63) is 29.1 Å². The summed E-state index contributed by atoms with van der Waals surface area (Å²) in [6.07, 6.45) is 4.81. The molecule has 0 atom stereocenters. The number of nitrogens with zero attached hydrogens (tertiary/aromatic N) is 4. The summed E-state index contributed by atoms with van der Waals surface area (Å²) >= 11 is 0. The van der Waals surface area contributed by atoms with E-state index in [0.717, 1.165) is 63.2 Å². The smallest absolute Gasteiger partial charge is 0.225 e. The summed E-state index contributed by atoms with van der Waals surface area (Å²) < 4.78 is 0. The van der Waals surface area contributed by atoms with Crippen LogP contribution in [0.4, 0.5) is 0 Å². The highest BCUT2D eigenvalue weighted by Crippen LogP contribution is 2.31. The lowest BCUT2D eigenvalue weighted by Gasteiger charge is -2.34. The zero-order valence-corrected chi connectivity index (χ0v) is 13.1. The first kappa shape index (κ1) is 15.0. The zero-order valence-electron chi connectivity index (χ0n) is 13.1. The number of rotatable bonds is 4.